The fraction of sp³-hybridized carbons (Fsp3) is 0.900. The molecule has 2 aliphatic heterocycles. The standard InChI is InChI=1S/C10H18N2O2S/c13-10(9-6-15-7-12-9)11-5-8-3-1-2-4-14-8/h8-9,12H,1-7H2,(H,11,13)/t8-,9-/m1/s1. The summed E-state index contributed by atoms with van der Waals surface area (Å²) in [6.45, 7) is 1.51. The summed E-state index contributed by atoms with van der Waals surface area (Å²) in [5.74, 6) is 1.89. The van der Waals surface area contributed by atoms with Crippen molar-refractivity contribution in [3.8, 4) is 0 Å². The van der Waals surface area contributed by atoms with E-state index in [0.717, 1.165) is 31.1 Å². The van der Waals surface area contributed by atoms with Gasteiger partial charge >= 0.3 is 0 Å². The minimum atomic E-state index is -0.00131. The highest BCUT2D eigenvalue weighted by Gasteiger charge is 2.23. The lowest BCUT2D eigenvalue weighted by atomic mass is 10.1. The maximum absolute atomic E-state index is 11.6. The lowest BCUT2D eigenvalue weighted by molar-refractivity contribution is -0.123. The first kappa shape index (κ1) is 11.2. The molecule has 2 fully saturated rings. The van der Waals surface area contributed by atoms with Gasteiger partial charge < -0.3 is 10.1 Å². The molecule has 86 valence electrons. The molecule has 0 aliphatic carbocycles. The van der Waals surface area contributed by atoms with Gasteiger partial charge in [-0.1, -0.05) is 0 Å². The molecule has 2 atom stereocenters. The van der Waals surface area contributed by atoms with Gasteiger partial charge in [0.05, 0.1) is 12.1 Å². The number of amides is 1. The van der Waals surface area contributed by atoms with Crippen LogP contribution in [0.15, 0.2) is 0 Å². The fourth-order valence-electron chi connectivity index (χ4n) is 1.87. The minimum Gasteiger partial charge on any atom is -0.376 e. The second kappa shape index (κ2) is 5.72. The van der Waals surface area contributed by atoms with Gasteiger partial charge in [-0.15, -0.1) is 11.8 Å². The van der Waals surface area contributed by atoms with E-state index in [1.807, 2.05) is 0 Å². The van der Waals surface area contributed by atoms with Crippen LogP contribution in [0.3, 0.4) is 0 Å². The van der Waals surface area contributed by atoms with Crippen molar-refractivity contribution in [2.75, 3.05) is 24.8 Å². The predicted octanol–water partition coefficient (Wildman–Crippen LogP) is 0.334. The van der Waals surface area contributed by atoms with Crippen LogP contribution in [0.4, 0.5) is 0 Å². The molecule has 2 saturated heterocycles. The second-order valence-corrected chi connectivity index (χ2v) is 5.04. The van der Waals surface area contributed by atoms with Crippen molar-refractivity contribution < 1.29 is 9.53 Å². The van der Waals surface area contributed by atoms with Crippen molar-refractivity contribution in [2.24, 2.45) is 0 Å². The van der Waals surface area contributed by atoms with Crippen molar-refractivity contribution in [3.63, 3.8) is 0 Å². The van der Waals surface area contributed by atoms with Gasteiger partial charge in [0.25, 0.3) is 0 Å². The van der Waals surface area contributed by atoms with Gasteiger partial charge in [0.1, 0.15) is 0 Å². The van der Waals surface area contributed by atoms with Gasteiger partial charge in [-0.2, -0.15) is 0 Å². The lowest BCUT2D eigenvalue weighted by Gasteiger charge is -2.23. The molecule has 0 radical (unpaired) electrons. The molecule has 2 aliphatic rings. The maximum atomic E-state index is 11.6. The normalized spacial score (nSPS) is 31.5. The largest absolute Gasteiger partial charge is 0.376 e. The average Bonchev–Trinajstić information content (AvgIpc) is 2.81. The van der Waals surface area contributed by atoms with E-state index in [1.165, 1.54) is 6.42 Å². The zero-order valence-corrected chi connectivity index (χ0v) is 9.65. The monoisotopic (exact) mass is 230 g/mol. The molecule has 0 saturated carbocycles. The summed E-state index contributed by atoms with van der Waals surface area (Å²) < 4.78 is 5.55. The Balaban J connectivity index is 1.65. The third-order valence-corrected chi connectivity index (χ3v) is 3.75. The highest BCUT2D eigenvalue weighted by Crippen LogP contribution is 2.12. The zero-order chi connectivity index (χ0) is 10.5. The van der Waals surface area contributed by atoms with Crippen LogP contribution in [-0.4, -0.2) is 42.8 Å². The molecule has 4 nitrogen and oxygen atoms in total. The number of carbonyl (C=O) groups excluding carboxylic acids is 1. The van der Waals surface area contributed by atoms with Gasteiger partial charge in [0, 0.05) is 24.8 Å². The van der Waals surface area contributed by atoms with Crippen molar-refractivity contribution in [2.45, 2.75) is 31.4 Å². The molecule has 0 unspecified atom stereocenters. The Morgan fingerprint density at radius 3 is 3.13 bits per heavy atom. The molecule has 0 aromatic rings. The van der Waals surface area contributed by atoms with Gasteiger partial charge in [-0.05, 0) is 19.3 Å². The van der Waals surface area contributed by atoms with Crippen LogP contribution in [0.5, 0.6) is 0 Å². The van der Waals surface area contributed by atoms with E-state index in [9.17, 15) is 4.79 Å². The SMILES string of the molecule is O=C(NC[C@H]1CCCCO1)[C@H]1CSCN1. The van der Waals surface area contributed by atoms with Gasteiger partial charge in [0.15, 0.2) is 0 Å². The maximum Gasteiger partial charge on any atom is 0.238 e. The number of nitrogens with one attached hydrogen (secondary N) is 2. The second-order valence-electron chi connectivity index (χ2n) is 4.01. The van der Waals surface area contributed by atoms with Crippen LogP contribution in [-0.2, 0) is 9.53 Å². The highest BCUT2D eigenvalue weighted by molar-refractivity contribution is 7.99. The van der Waals surface area contributed by atoms with E-state index >= 15 is 0 Å². The Morgan fingerprint density at radius 1 is 1.53 bits per heavy atom. The molecule has 0 bridgehead atoms. The topological polar surface area (TPSA) is 50.4 Å². The molecule has 1 amide bonds. The van der Waals surface area contributed by atoms with E-state index in [4.69, 9.17) is 4.74 Å². The summed E-state index contributed by atoms with van der Waals surface area (Å²) in [6, 6.07) is -0.00131. The Morgan fingerprint density at radius 2 is 2.47 bits per heavy atom. The molecule has 0 aromatic heterocycles. The third kappa shape index (κ3) is 3.36. The molecule has 0 aromatic carbocycles. The number of hydrogen-bond donors (Lipinski definition) is 2. The Kier molecular flexibility index (Phi) is 4.29. The molecule has 2 N–H and O–H groups in total. The Bertz CT molecular complexity index is 213. The minimum absolute atomic E-state index is 0.00131. The number of thioether (sulfide) groups is 1. The van der Waals surface area contributed by atoms with Crippen LogP contribution in [0.2, 0.25) is 0 Å². The molecule has 5 heteroatoms. The van der Waals surface area contributed by atoms with Crippen molar-refractivity contribution in [1.82, 2.24) is 10.6 Å². The molecular weight excluding hydrogens is 212 g/mol. The first-order valence-electron chi connectivity index (χ1n) is 5.57. The summed E-state index contributed by atoms with van der Waals surface area (Å²) in [7, 11) is 0. The van der Waals surface area contributed by atoms with Crippen LogP contribution in [0.1, 0.15) is 19.3 Å². The molecular formula is C10H18N2O2S. The quantitative estimate of drug-likeness (QED) is 0.734. The molecule has 0 spiro atoms. The van der Waals surface area contributed by atoms with Crippen molar-refractivity contribution in [1.29, 1.82) is 0 Å². The van der Waals surface area contributed by atoms with E-state index < -0.39 is 0 Å². The summed E-state index contributed by atoms with van der Waals surface area (Å²) in [5.41, 5.74) is 0. The van der Waals surface area contributed by atoms with Crippen molar-refractivity contribution in [3.05, 3.63) is 0 Å². The van der Waals surface area contributed by atoms with Gasteiger partial charge in [-0.3, -0.25) is 10.1 Å². The first-order chi connectivity index (χ1) is 7.36. The average molecular weight is 230 g/mol. The van der Waals surface area contributed by atoms with Crippen LogP contribution in [0, 0.1) is 0 Å². The van der Waals surface area contributed by atoms with Gasteiger partial charge in [0.2, 0.25) is 5.91 Å². The molecule has 2 rings (SSSR count). The van der Waals surface area contributed by atoms with E-state index in [1.54, 1.807) is 11.8 Å². The molecule has 15 heavy (non-hydrogen) atoms. The predicted molar refractivity (Wildman–Crippen MR) is 60.8 cm³/mol. The fourth-order valence-corrected chi connectivity index (χ4v) is 2.81. The lowest BCUT2D eigenvalue weighted by Crippen LogP contribution is -2.45. The number of carbonyl (C=O) groups is 1. The highest BCUT2D eigenvalue weighted by atomic mass is 32.2. The van der Waals surface area contributed by atoms with Crippen LogP contribution >= 0.6 is 11.8 Å². The first-order valence-corrected chi connectivity index (χ1v) is 6.72. The number of hydrogen-bond acceptors (Lipinski definition) is 4. The number of ether oxygens (including phenoxy) is 1. The summed E-state index contributed by atoms with van der Waals surface area (Å²) in [5, 5.41) is 6.11. The third-order valence-electron chi connectivity index (χ3n) is 2.81. The van der Waals surface area contributed by atoms with E-state index in [0.29, 0.717) is 6.54 Å². The van der Waals surface area contributed by atoms with E-state index in [2.05, 4.69) is 10.6 Å². The van der Waals surface area contributed by atoms with Gasteiger partial charge in [-0.25, -0.2) is 0 Å². The van der Waals surface area contributed by atoms with E-state index in [-0.39, 0.29) is 18.1 Å². The Labute approximate surface area is 94.5 Å². The molecule has 2 heterocycles. The summed E-state index contributed by atoms with van der Waals surface area (Å²) in [6.07, 6.45) is 3.69. The Hall–Kier alpha value is -0.260. The zero-order valence-electron chi connectivity index (χ0n) is 8.83. The smallest absolute Gasteiger partial charge is 0.238 e. The van der Waals surface area contributed by atoms with Crippen molar-refractivity contribution >= 4 is 17.7 Å². The van der Waals surface area contributed by atoms with Crippen LogP contribution in [0.25, 0.3) is 0 Å². The summed E-state index contributed by atoms with van der Waals surface area (Å²) in [4.78, 5) is 11.6. The number of rotatable bonds is 3. The summed E-state index contributed by atoms with van der Waals surface area (Å²) >= 11 is 1.77. The van der Waals surface area contributed by atoms with Crippen LogP contribution < -0.4 is 10.6 Å².